The molecule has 4 heteroatoms. The van der Waals surface area contributed by atoms with Crippen molar-refractivity contribution < 1.29 is 9.47 Å². The van der Waals surface area contributed by atoms with Gasteiger partial charge in [-0.05, 0) is 12.1 Å². The molecular formula is C10H10ClNO2. The van der Waals surface area contributed by atoms with Crippen molar-refractivity contribution in [2.24, 2.45) is 0 Å². The highest BCUT2D eigenvalue weighted by Crippen LogP contribution is 2.25. The van der Waals surface area contributed by atoms with Gasteiger partial charge in [0.1, 0.15) is 24.0 Å². The third-order valence-corrected chi connectivity index (χ3v) is 1.95. The summed E-state index contributed by atoms with van der Waals surface area (Å²) in [6.45, 7) is 0.892. The highest BCUT2D eigenvalue weighted by molar-refractivity contribution is 6.31. The van der Waals surface area contributed by atoms with E-state index in [2.05, 4.69) is 0 Å². The van der Waals surface area contributed by atoms with Gasteiger partial charge in [-0.15, -0.1) is 0 Å². The van der Waals surface area contributed by atoms with E-state index in [1.54, 1.807) is 25.3 Å². The van der Waals surface area contributed by atoms with Crippen LogP contribution in [0.2, 0.25) is 5.02 Å². The maximum absolute atomic E-state index is 8.81. The van der Waals surface area contributed by atoms with Gasteiger partial charge in [0.15, 0.2) is 0 Å². The molecule has 0 radical (unpaired) electrons. The second kappa shape index (κ2) is 5.48. The van der Waals surface area contributed by atoms with E-state index in [9.17, 15) is 0 Å². The molecule has 3 nitrogen and oxygen atoms in total. The molecule has 0 saturated heterocycles. The summed E-state index contributed by atoms with van der Waals surface area (Å²) in [5.41, 5.74) is 0.366. The lowest BCUT2D eigenvalue weighted by Crippen LogP contribution is -2.05. The smallest absolute Gasteiger partial charge is 0.138 e. The highest BCUT2D eigenvalue weighted by Gasteiger charge is 2.06. The Morgan fingerprint density at radius 2 is 2.21 bits per heavy atom. The molecule has 1 aromatic carbocycles. The molecule has 74 valence electrons. The van der Waals surface area contributed by atoms with Gasteiger partial charge in [0.05, 0.1) is 11.6 Å². The lowest BCUT2D eigenvalue weighted by Gasteiger charge is -2.07. The van der Waals surface area contributed by atoms with Crippen LogP contribution in [0.3, 0.4) is 0 Å². The normalized spacial score (nSPS) is 9.50. The molecule has 0 bridgehead atoms. The summed E-state index contributed by atoms with van der Waals surface area (Å²) in [5, 5.41) is 9.22. The SMILES string of the molecule is COCCOc1cccc(Cl)c1C#N. The molecule has 1 aromatic rings. The van der Waals surface area contributed by atoms with E-state index in [0.717, 1.165) is 0 Å². The Hall–Kier alpha value is -1.24. The lowest BCUT2D eigenvalue weighted by molar-refractivity contribution is 0.146. The van der Waals surface area contributed by atoms with Crippen molar-refractivity contribution in [2.45, 2.75) is 0 Å². The van der Waals surface area contributed by atoms with Crippen LogP contribution in [0.1, 0.15) is 5.56 Å². The molecular weight excluding hydrogens is 202 g/mol. The Morgan fingerprint density at radius 1 is 1.43 bits per heavy atom. The summed E-state index contributed by atoms with van der Waals surface area (Å²) in [5.74, 6) is 0.497. The van der Waals surface area contributed by atoms with E-state index < -0.39 is 0 Å². The van der Waals surface area contributed by atoms with Gasteiger partial charge in [0, 0.05) is 7.11 Å². The van der Waals surface area contributed by atoms with Crippen molar-refractivity contribution in [1.29, 1.82) is 5.26 Å². The lowest BCUT2D eigenvalue weighted by atomic mass is 10.2. The fourth-order valence-electron chi connectivity index (χ4n) is 0.968. The largest absolute Gasteiger partial charge is 0.490 e. The second-order valence-electron chi connectivity index (χ2n) is 2.57. The number of nitrogens with zero attached hydrogens (tertiary/aromatic N) is 1. The van der Waals surface area contributed by atoms with E-state index in [-0.39, 0.29) is 0 Å². The van der Waals surface area contributed by atoms with Crippen LogP contribution in [-0.4, -0.2) is 20.3 Å². The van der Waals surface area contributed by atoms with E-state index in [0.29, 0.717) is 29.5 Å². The van der Waals surface area contributed by atoms with Crippen LogP contribution < -0.4 is 4.74 Å². The quantitative estimate of drug-likeness (QED) is 0.718. The average Bonchev–Trinajstić information content (AvgIpc) is 2.18. The third-order valence-electron chi connectivity index (χ3n) is 1.63. The van der Waals surface area contributed by atoms with Crippen LogP contribution in [0, 0.1) is 11.3 Å². The number of rotatable bonds is 4. The van der Waals surface area contributed by atoms with Crippen molar-refractivity contribution in [1.82, 2.24) is 0 Å². The number of nitriles is 1. The molecule has 0 atom stereocenters. The van der Waals surface area contributed by atoms with Gasteiger partial charge in [-0.3, -0.25) is 0 Å². The maximum Gasteiger partial charge on any atom is 0.138 e. The number of hydrogen-bond donors (Lipinski definition) is 0. The molecule has 0 amide bonds. The summed E-state index contributed by atoms with van der Waals surface area (Å²) in [4.78, 5) is 0. The molecule has 0 spiro atoms. The van der Waals surface area contributed by atoms with Gasteiger partial charge in [0.2, 0.25) is 0 Å². The predicted molar refractivity (Wildman–Crippen MR) is 53.5 cm³/mol. The number of hydrogen-bond acceptors (Lipinski definition) is 3. The number of ether oxygens (including phenoxy) is 2. The van der Waals surface area contributed by atoms with Gasteiger partial charge in [-0.25, -0.2) is 0 Å². The van der Waals surface area contributed by atoms with Gasteiger partial charge in [-0.1, -0.05) is 17.7 Å². The molecule has 0 aliphatic rings. The Bertz CT molecular complexity index is 346. The predicted octanol–water partition coefficient (Wildman–Crippen LogP) is 2.24. The Balaban J connectivity index is 2.76. The zero-order valence-electron chi connectivity index (χ0n) is 7.79. The fraction of sp³-hybridized carbons (Fsp3) is 0.300. The third kappa shape index (κ3) is 2.63. The summed E-state index contributed by atoms with van der Waals surface area (Å²) < 4.78 is 10.1. The molecule has 0 heterocycles. The topological polar surface area (TPSA) is 42.2 Å². The minimum atomic E-state index is 0.366. The summed E-state index contributed by atoms with van der Waals surface area (Å²) in [6, 6.07) is 7.10. The second-order valence-corrected chi connectivity index (χ2v) is 2.97. The minimum absolute atomic E-state index is 0.366. The van der Waals surface area contributed by atoms with Crippen molar-refractivity contribution in [2.75, 3.05) is 20.3 Å². The van der Waals surface area contributed by atoms with E-state index in [1.165, 1.54) is 0 Å². The van der Waals surface area contributed by atoms with Crippen LogP contribution in [0.4, 0.5) is 0 Å². The fourth-order valence-corrected chi connectivity index (χ4v) is 1.18. The maximum atomic E-state index is 8.81. The Labute approximate surface area is 87.8 Å². The van der Waals surface area contributed by atoms with E-state index in [1.807, 2.05) is 6.07 Å². The average molecular weight is 212 g/mol. The van der Waals surface area contributed by atoms with Crippen LogP contribution in [-0.2, 0) is 4.74 Å². The monoisotopic (exact) mass is 211 g/mol. The summed E-state index contributed by atoms with van der Waals surface area (Å²) >= 11 is 5.81. The highest BCUT2D eigenvalue weighted by atomic mass is 35.5. The van der Waals surface area contributed by atoms with E-state index >= 15 is 0 Å². The van der Waals surface area contributed by atoms with Crippen molar-refractivity contribution in [3.05, 3.63) is 28.8 Å². The van der Waals surface area contributed by atoms with Crippen molar-refractivity contribution in [3.63, 3.8) is 0 Å². The molecule has 0 saturated carbocycles. The van der Waals surface area contributed by atoms with E-state index in [4.69, 9.17) is 26.3 Å². The Kier molecular flexibility index (Phi) is 4.24. The van der Waals surface area contributed by atoms with Gasteiger partial charge >= 0.3 is 0 Å². The molecule has 1 rings (SSSR count). The first kappa shape index (κ1) is 10.8. The van der Waals surface area contributed by atoms with Gasteiger partial charge < -0.3 is 9.47 Å². The molecule has 0 fully saturated rings. The summed E-state index contributed by atoms with van der Waals surface area (Å²) in [6.07, 6.45) is 0. The number of benzene rings is 1. The first-order chi connectivity index (χ1) is 6.79. The van der Waals surface area contributed by atoms with Crippen LogP contribution in [0.15, 0.2) is 18.2 Å². The molecule has 0 N–H and O–H groups in total. The van der Waals surface area contributed by atoms with Gasteiger partial charge in [-0.2, -0.15) is 5.26 Å². The van der Waals surface area contributed by atoms with Gasteiger partial charge in [0.25, 0.3) is 0 Å². The van der Waals surface area contributed by atoms with Crippen molar-refractivity contribution in [3.8, 4) is 11.8 Å². The molecule has 0 aliphatic carbocycles. The van der Waals surface area contributed by atoms with Crippen LogP contribution in [0.5, 0.6) is 5.75 Å². The van der Waals surface area contributed by atoms with Crippen LogP contribution >= 0.6 is 11.6 Å². The van der Waals surface area contributed by atoms with Crippen molar-refractivity contribution >= 4 is 11.6 Å². The standard InChI is InChI=1S/C10H10ClNO2/c1-13-5-6-14-10-4-2-3-9(11)8(10)7-12/h2-4H,5-6H2,1H3. The number of methoxy groups -OCH3 is 1. The van der Waals surface area contributed by atoms with Crippen LogP contribution in [0.25, 0.3) is 0 Å². The number of halogens is 1. The molecule has 0 aliphatic heterocycles. The zero-order valence-corrected chi connectivity index (χ0v) is 8.54. The zero-order chi connectivity index (χ0) is 10.4. The molecule has 14 heavy (non-hydrogen) atoms. The summed E-state index contributed by atoms with van der Waals surface area (Å²) in [7, 11) is 1.59. The molecule has 0 unspecified atom stereocenters. The molecule has 0 aromatic heterocycles. The first-order valence-corrected chi connectivity index (χ1v) is 4.47. The Morgan fingerprint density at radius 3 is 2.86 bits per heavy atom. The minimum Gasteiger partial charge on any atom is -0.490 e. The first-order valence-electron chi connectivity index (χ1n) is 4.10.